The Morgan fingerprint density at radius 2 is 2.00 bits per heavy atom. The van der Waals surface area contributed by atoms with E-state index < -0.39 is 0 Å². The minimum absolute atomic E-state index is 0.626. The number of benzene rings is 1. The van der Waals surface area contributed by atoms with Gasteiger partial charge in [0.05, 0.1) is 4.58 Å². The normalized spacial score (nSPS) is 23.8. The lowest BCUT2D eigenvalue weighted by atomic mass is 9.78. The van der Waals surface area contributed by atoms with Crippen molar-refractivity contribution in [3.63, 3.8) is 0 Å². The molecule has 2 bridgehead atoms. The standard InChI is InChI=1S/C20H28N2S2/c1-3-23-19(24-4-2)13-22-10-9-14-11-17-20(18(22)12-14)15-7-5-6-8-16(15)21-17/h5-8,14,18-19,21H,3-4,9-13H2,1-2H3/t14-,18-/m0/s1. The van der Waals surface area contributed by atoms with Crippen molar-refractivity contribution in [2.24, 2.45) is 5.92 Å². The number of nitrogens with one attached hydrogen (secondary N) is 1. The molecular formula is C20H28N2S2. The lowest BCUT2D eigenvalue weighted by Crippen LogP contribution is -2.42. The van der Waals surface area contributed by atoms with E-state index in [9.17, 15) is 0 Å². The summed E-state index contributed by atoms with van der Waals surface area (Å²) in [6.07, 6.45) is 3.98. The van der Waals surface area contributed by atoms with Gasteiger partial charge in [-0.15, -0.1) is 23.5 Å². The van der Waals surface area contributed by atoms with Crippen molar-refractivity contribution in [2.75, 3.05) is 24.6 Å². The van der Waals surface area contributed by atoms with Crippen LogP contribution >= 0.6 is 23.5 Å². The second-order valence-electron chi connectivity index (χ2n) is 7.01. The molecule has 1 aliphatic heterocycles. The maximum atomic E-state index is 3.73. The zero-order valence-electron chi connectivity index (χ0n) is 14.8. The largest absolute Gasteiger partial charge is 0.358 e. The number of thioether (sulfide) groups is 2. The van der Waals surface area contributed by atoms with E-state index in [0.29, 0.717) is 10.6 Å². The highest BCUT2D eigenvalue weighted by molar-refractivity contribution is 8.17. The van der Waals surface area contributed by atoms with Gasteiger partial charge >= 0.3 is 0 Å². The third-order valence-electron chi connectivity index (χ3n) is 5.56. The maximum absolute atomic E-state index is 3.73. The molecule has 24 heavy (non-hydrogen) atoms. The van der Waals surface area contributed by atoms with E-state index in [4.69, 9.17) is 0 Å². The van der Waals surface area contributed by atoms with Crippen LogP contribution in [0.5, 0.6) is 0 Å². The van der Waals surface area contributed by atoms with Crippen molar-refractivity contribution < 1.29 is 0 Å². The summed E-state index contributed by atoms with van der Waals surface area (Å²) in [5.74, 6) is 3.32. The van der Waals surface area contributed by atoms with Crippen LogP contribution in [0.2, 0.25) is 0 Å². The number of likely N-dealkylation sites (tertiary alicyclic amines) is 1. The van der Waals surface area contributed by atoms with E-state index in [1.54, 1.807) is 5.56 Å². The molecule has 0 spiro atoms. The van der Waals surface area contributed by atoms with Crippen LogP contribution in [0.15, 0.2) is 24.3 Å². The molecule has 2 aliphatic rings. The van der Waals surface area contributed by atoms with Crippen molar-refractivity contribution in [3.8, 4) is 0 Å². The number of H-pyrrole nitrogens is 1. The van der Waals surface area contributed by atoms with Gasteiger partial charge in [0, 0.05) is 29.2 Å². The van der Waals surface area contributed by atoms with Crippen LogP contribution in [0, 0.1) is 5.92 Å². The predicted octanol–water partition coefficient (Wildman–Crippen LogP) is 5.31. The van der Waals surface area contributed by atoms with E-state index in [2.05, 4.69) is 71.5 Å². The average molecular weight is 361 g/mol. The second kappa shape index (κ2) is 7.35. The predicted molar refractivity (Wildman–Crippen MR) is 109 cm³/mol. The van der Waals surface area contributed by atoms with Crippen LogP contribution in [0.1, 0.15) is 44.0 Å². The van der Waals surface area contributed by atoms with Crippen molar-refractivity contribution in [1.29, 1.82) is 0 Å². The molecule has 2 atom stereocenters. The summed E-state index contributed by atoms with van der Waals surface area (Å²) in [7, 11) is 0. The van der Waals surface area contributed by atoms with Gasteiger partial charge in [-0.2, -0.15) is 0 Å². The molecule has 4 rings (SSSR count). The van der Waals surface area contributed by atoms with Crippen LogP contribution in [0.25, 0.3) is 10.9 Å². The molecule has 130 valence electrons. The van der Waals surface area contributed by atoms with Crippen LogP contribution < -0.4 is 0 Å². The number of para-hydroxylation sites is 1. The molecule has 1 aromatic heterocycles. The molecule has 0 unspecified atom stereocenters. The monoisotopic (exact) mass is 360 g/mol. The highest BCUT2D eigenvalue weighted by atomic mass is 32.2. The molecule has 1 saturated heterocycles. The Kier molecular flexibility index (Phi) is 5.16. The molecule has 1 aromatic carbocycles. The summed E-state index contributed by atoms with van der Waals surface area (Å²) in [5.41, 5.74) is 4.46. The van der Waals surface area contributed by atoms with E-state index >= 15 is 0 Å². The van der Waals surface area contributed by atoms with Crippen molar-refractivity contribution >= 4 is 34.4 Å². The highest BCUT2D eigenvalue weighted by Gasteiger charge is 2.38. The Morgan fingerprint density at radius 1 is 1.21 bits per heavy atom. The number of hydrogen-bond acceptors (Lipinski definition) is 3. The molecular weight excluding hydrogens is 332 g/mol. The minimum Gasteiger partial charge on any atom is -0.358 e. The van der Waals surface area contributed by atoms with Gasteiger partial charge in [-0.1, -0.05) is 32.0 Å². The van der Waals surface area contributed by atoms with Gasteiger partial charge in [0.15, 0.2) is 0 Å². The smallest absolute Gasteiger partial charge is 0.0629 e. The van der Waals surface area contributed by atoms with Crippen LogP contribution in [0.3, 0.4) is 0 Å². The quantitative estimate of drug-likeness (QED) is 0.705. The maximum Gasteiger partial charge on any atom is 0.0629 e. The number of aromatic amines is 1. The molecule has 2 aromatic rings. The second-order valence-corrected chi connectivity index (χ2v) is 10.3. The van der Waals surface area contributed by atoms with Gasteiger partial charge in [-0.25, -0.2) is 0 Å². The summed E-state index contributed by atoms with van der Waals surface area (Å²) in [6.45, 7) is 7.09. The zero-order valence-corrected chi connectivity index (χ0v) is 16.4. The molecule has 0 amide bonds. The first-order chi connectivity index (χ1) is 11.8. The van der Waals surface area contributed by atoms with Gasteiger partial charge in [0.2, 0.25) is 0 Å². The molecule has 1 fully saturated rings. The van der Waals surface area contributed by atoms with E-state index in [0.717, 1.165) is 5.92 Å². The fourth-order valence-corrected chi connectivity index (χ4v) is 7.10. The molecule has 0 saturated carbocycles. The molecule has 0 radical (unpaired) electrons. The first-order valence-electron chi connectivity index (χ1n) is 9.36. The van der Waals surface area contributed by atoms with Gasteiger partial charge < -0.3 is 4.98 Å². The number of piperidine rings is 1. The summed E-state index contributed by atoms with van der Waals surface area (Å²) in [6, 6.07) is 9.53. The summed E-state index contributed by atoms with van der Waals surface area (Å²) in [5, 5.41) is 1.46. The lowest BCUT2D eigenvalue weighted by molar-refractivity contribution is 0.106. The van der Waals surface area contributed by atoms with Gasteiger partial charge in [0.25, 0.3) is 0 Å². The number of aromatic nitrogens is 1. The van der Waals surface area contributed by atoms with E-state index in [-0.39, 0.29) is 0 Å². The summed E-state index contributed by atoms with van der Waals surface area (Å²) >= 11 is 4.25. The Balaban J connectivity index is 1.64. The minimum atomic E-state index is 0.626. The average Bonchev–Trinajstić information content (AvgIpc) is 2.96. The Bertz CT molecular complexity index is 690. The Labute approximate surface area is 154 Å². The fourth-order valence-electron chi connectivity index (χ4n) is 4.56. The fraction of sp³-hybridized carbons (Fsp3) is 0.600. The van der Waals surface area contributed by atoms with E-state index in [1.807, 2.05) is 0 Å². The SMILES string of the molecule is CCSC(CN1CC[C@H]2Cc3[nH]c4ccccc4c3[C@@H]1C2)SCC. The van der Waals surface area contributed by atoms with Gasteiger partial charge in [0.1, 0.15) is 0 Å². The first-order valence-corrected chi connectivity index (χ1v) is 11.5. The van der Waals surface area contributed by atoms with Crippen molar-refractivity contribution in [1.82, 2.24) is 9.88 Å². The summed E-state index contributed by atoms with van der Waals surface area (Å²) < 4.78 is 0.715. The third kappa shape index (κ3) is 3.13. The molecule has 2 nitrogen and oxygen atoms in total. The summed E-state index contributed by atoms with van der Waals surface area (Å²) in [4.78, 5) is 6.53. The van der Waals surface area contributed by atoms with Crippen LogP contribution in [0.4, 0.5) is 0 Å². The van der Waals surface area contributed by atoms with E-state index in [1.165, 1.54) is 60.5 Å². The Hall–Kier alpha value is -0.580. The zero-order chi connectivity index (χ0) is 16.5. The van der Waals surface area contributed by atoms with Crippen LogP contribution in [-0.4, -0.2) is 39.1 Å². The lowest BCUT2D eigenvalue weighted by Gasteiger charge is -2.44. The number of nitrogens with zero attached hydrogens (tertiary/aromatic N) is 1. The molecule has 4 heteroatoms. The Morgan fingerprint density at radius 3 is 2.79 bits per heavy atom. The number of hydrogen-bond donors (Lipinski definition) is 1. The van der Waals surface area contributed by atoms with Crippen molar-refractivity contribution in [2.45, 2.75) is 43.7 Å². The third-order valence-corrected chi connectivity index (χ3v) is 8.09. The topological polar surface area (TPSA) is 19.0 Å². The first kappa shape index (κ1) is 16.9. The molecule has 2 heterocycles. The number of fused-ring (bicyclic) bond motifs is 6. The van der Waals surface area contributed by atoms with Crippen LogP contribution in [-0.2, 0) is 6.42 Å². The number of rotatable bonds is 6. The molecule has 1 aliphatic carbocycles. The van der Waals surface area contributed by atoms with Gasteiger partial charge in [-0.05, 0) is 54.9 Å². The molecule has 1 N–H and O–H groups in total. The van der Waals surface area contributed by atoms with Gasteiger partial charge in [-0.3, -0.25) is 4.90 Å². The van der Waals surface area contributed by atoms with Crippen molar-refractivity contribution in [3.05, 3.63) is 35.5 Å². The highest BCUT2D eigenvalue weighted by Crippen LogP contribution is 2.46.